The molecule has 3 aromatic carbocycles. The lowest BCUT2D eigenvalue weighted by atomic mass is 9.95. The molecule has 1 N–H and O–H groups in total. The molecule has 0 aromatic heterocycles. The fourth-order valence-corrected chi connectivity index (χ4v) is 7.08. The van der Waals surface area contributed by atoms with Crippen LogP contribution in [0, 0.1) is 6.92 Å². The van der Waals surface area contributed by atoms with Crippen LogP contribution in [0.5, 0.6) is 0 Å². The minimum Gasteiger partial charge on any atom is -0.352 e. The predicted molar refractivity (Wildman–Crippen MR) is 170 cm³/mol. The Morgan fingerprint density at radius 3 is 2.19 bits per heavy atom. The summed E-state index contributed by atoms with van der Waals surface area (Å²) in [6, 6.07) is 22.9. The maximum Gasteiger partial charge on any atom is 0.264 e. The van der Waals surface area contributed by atoms with Crippen LogP contribution in [0.15, 0.2) is 88.7 Å². The van der Waals surface area contributed by atoms with Gasteiger partial charge in [0.25, 0.3) is 10.0 Å². The van der Waals surface area contributed by atoms with Crippen molar-refractivity contribution >= 4 is 39.3 Å². The van der Waals surface area contributed by atoms with E-state index in [4.69, 9.17) is 0 Å². The lowest BCUT2D eigenvalue weighted by Crippen LogP contribution is -2.53. The third-order valence-corrected chi connectivity index (χ3v) is 10.4. The monoisotopic (exact) mass is 607 g/mol. The second-order valence-electron chi connectivity index (χ2n) is 10.9. The van der Waals surface area contributed by atoms with E-state index in [9.17, 15) is 18.0 Å². The molecule has 1 aliphatic rings. The van der Waals surface area contributed by atoms with Gasteiger partial charge in [-0.05, 0) is 81.3 Å². The van der Waals surface area contributed by atoms with E-state index < -0.39 is 28.5 Å². The van der Waals surface area contributed by atoms with Gasteiger partial charge in [0.1, 0.15) is 12.6 Å². The van der Waals surface area contributed by atoms with E-state index in [0.717, 1.165) is 46.0 Å². The van der Waals surface area contributed by atoms with E-state index in [1.165, 1.54) is 23.1 Å². The first-order valence-corrected chi connectivity index (χ1v) is 17.2. The van der Waals surface area contributed by atoms with Crippen LogP contribution in [0.3, 0.4) is 0 Å². The van der Waals surface area contributed by atoms with Gasteiger partial charge in [0.05, 0.1) is 10.6 Å². The molecule has 0 aliphatic heterocycles. The van der Waals surface area contributed by atoms with Crippen LogP contribution < -0.4 is 9.62 Å². The summed E-state index contributed by atoms with van der Waals surface area (Å²) >= 11 is 1.52. The fraction of sp³-hybridized carbons (Fsp3) is 0.394. The zero-order valence-corrected chi connectivity index (χ0v) is 26.3. The van der Waals surface area contributed by atoms with Gasteiger partial charge in [-0.2, -0.15) is 0 Å². The van der Waals surface area contributed by atoms with Crippen molar-refractivity contribution in [3.63, 3.8) is 0 Å². The SMILES string of the molecule is CSc1ccc(S(=O)(=O)N(CC(=O)N(CCc2ccccc2)[C@H](C)C(=O)NC2CCCCC2)c2ccc(C)cc2)cc1. The average Bonchev–Trinajstić information content (AvgIpc) is 3.01. The number of hydrogen-bond acceptors (Lipinski definition) is 5. The van der Waals surface area contributed by atoms with Crippen molar-refractivity contribution in [3.8, 4) is 0 Å². The first kappa shape index (κ1) is 31.6. The van der Waals surface area contributed by atoms with E-state index in [1.807, 2.05) is 55.6 Å². The molecule has 1 fully saturated rings. The van der Waals surface area contributed by atoms with Crippen molar-refractivity contribution in [1.82, 2.24) is 10.2 Å². The number of anilines is 1. The molecule has 2 amide bonds. The number of carbonyl (C=O) groups excluding carboxylic acids is 2. The average molecular weight is 608 g/mol. The van der Waals surface area contributed by atoms with E-state index in [0.29, 0.717) is 12.1 Å². The highest BCUT2D eigenvalue weighted by atomic mass is 32.2. The minimum atomic E-state index is -4.08. The molecule has 9 heteroatoms. The standard InChI is InChI=1S/C33H41N3O4S2/c1-25-14-16-29(17-15-25)36(42(39,40)31-20-18-30(41-3)19-21-31)24-32(37)35(23-22-27-10-6-4-7-11-27)26(2)33(38)34-28-12-8-5-9-13-28/h4,6-7,10-11,14-21,26,28H,5,8-9,12-13,22-24H2,1-3H3,(H,34,38)/t26-/m1/s1. The van der Waals surface area contributed by atoms with Gasteiger partial charge in [-0.15, -0.1) is 11.8 Å². The first-order chi connectivity index (χ1) is 20.2. The quantitative estimate of drug-likeness (QED) is 0.262. The summed E-state index contributed by atoms with van der Waals surface area (Å²) in [7, 11) is -4.08. The van der Waals surface area contributed by atoms with Crippen LogP contribution in [0.25, 0.3) is 0 Å². The van der Waals surface area contributed by atoms with Crippen molar-refractivity contribution in [2.45, 2.75) is 74.2 Å². The van der Waals surface area contributed by atoms with Gasteiger partial charge in [-0.25, -0.2) is 8.42 Å². The minimum absolute atomic E-state index is 0.104. The molecule has 224 valence electrons. The lowest BCUT2D eigenvalue weighted by Gasteiger charge is -2.33. The van der Waals surface area contributed by atoms with Crippen molar-refractivity contribution < 1.29 is 18.0 Å². The largest absolute Gasteiger partial charge is 0.352 e. The molecular weight excluding hydrogens is 567 g/mol. The Labute approximate surface area is 254 Å². The third kappa shape index (κ3) is 8.16. The molecule has 4 rings (SSSR count). The highest BCUT2D eigenvalue weighted by Gasteiger charge is 2.33. The Balaban J connectivity index is 1.63. The molecule has 42 heavy (non-hydrogen) atoms. The van der Waals surface area contributed by atoms with Crippen LogP contribution in [0.2, 0.25) is 0 Å². The summed E-state index contributed by atoms with van der Waals surface area (Å²) in [5.41, 5.74) is 2.40. The van der Waals surface area contributed by atoms with Crippen molar-refractivity contribution in [1.29, 1.82) is 0 Å². The molecule has 1 atom stereocenters. The summed E-state index contributed by atoms with van der Waals surface area (Å²) in [5, 5.41) is 3.14. The summed E-state index contributed by atoms with van der Waals surface area (Å²) in [6.07, 6.45) is 7.68. The molecule has 0 heterocycles. The van der Waals surface area contributed by atoms with Crippen molar-refractivity contribution in [2.24, 2.45) is 0 Å². The smallest absolute Gasteiger partial charge is 0.264 e. The Kier molecular flexibility index (Phi) is 11.1. The van der Waals surface area contributed by atoms with Crippen molar-refractivity contribution in [2.75, 3.05) is 23.7 Å². The van der Waals surface area contributed by atoms with Gasteiger partial charge in [0, 0.05) is 17.5 Å². The van der Waals surface area contributed by atoms with Crippen LogP contribution in [-0.2, 0) is 26.0 Å². The van der Waals surface area contributed by atoms with Gasteiger partial charge in [0.15, 0.2) is 0 Å². The second-order valence-corrected chi connectivity index (χ2v) is 13.6. The number of thioether (sulfide) groups is 1. The van der Waals surface area contributed by atoms with Crippen LogP contribution in [-0.4, -0.2) is 56.6 Å². The molecule has 0 saturated heterocycles. The molecular formula is C33H41N3O4S2. The number of rotatable bonds is 12. The van der Waals surface area contributed by atoms with E-state index in [2.05, 4.69) is 5.32 Å². The molecule has 0 radical (unpaired) electrons. The Hall–Kier alpha value is -3.30. The number of carbonyl (C=O) groups is 2. The summed E-state index contributed by atoms with van der Waals surface area (Å²) in [5.74, 6) is -0.636. The van der Waals surface area contributed by atoms with E-state index >= 15 is 0 Å². The zero-order valence-electron chi connectivity index (χ0n) is 24.7. The highest BCUT2D eigenvalue weighted by Crippen LogP contribution is 2.26. The Morgan fingerprint density at radius 1 is 0.929 bits per heavy atom. The summed E-state index contributed by atoms with van der Waals surface area (Å²) in [4.78, 5) is 30.0. The third-order valence-electron chi connectivity index (χ3n) is 7.85. The molecule has 3 aromatic rings. The van der Waals surface area contributed by atoms with Gasteiger partial charge in [-0.1, -0.05) is 67.3 Å². The summed E-state index contributed by atoms with van der Waals surface area (Å²) < 4.78 is 29.1. The number of amides is 2. The van der Waals surface area contributed by atoms with Crippen LogP contribution >= 0.6 is 11.8 Å². The maximum absolute atomic E-state index is 14.1. The van der Waals surface area contributed by atoms with E-state index in [-0.39, 0.29) is 23.4 Å². The predicted octanol–water partition coefficient (Wildman–Crippen LogP) is 5.82. The van der Waals surface area contributed by atoms with Gasteiger partial charge in [0.2, 0.25) is 11.8 Å². The molecule has 0 bridgehead atoms. The van der Waals surface area contributed by atoms with Gasteiger partial charge in [-0.3, -0.25) is 13.9 Å². The molecule has 1 aliphatic carbocycles. The van der Waals surface area contributed by atoms with Crippen LogP contribution in [0.4, 0.5) is 5.69 Å². The number of aryl methyl sites for hydroxylation is 1. The highest BCUT2D eigenvalue weighted by molar-refractivity contribution is 7.98. The topological polar surface area (TPSA) is 86.8 Å². The Morgan fingerprint density at radius 2 is 1.57 bits per heavy atom. The first-order valence-electron chi connectivity index (χ1n) is 14.6. The maximum atomic E-state index is 14.1. The molecule has 0 unspecified atom stereocenters. The number of hydrogen-bond donors (Lipinski definition) is 1. The molecule has 1 saturated carbocycles. The second kappa shape index (κ2) is 14.7. The van der Waals surface area contributed by atoms with Gasteiger partial charge >= 0.3 is 0 Å². The number of sulfonamides is 1. The molecule has 0 spiro atoms. The molecule has 7 nitrogen and oxygen atoms in total. The summed E-state index contributed by atoms with van der Waals surface area (Å²) in [6.45, 7) is 3.51. The Bertz CT molecular complexity index is 1420. The number of benzene rings is 3. The number of nitrogens with one attached hydrogen (secondary N) is 1. The lowest BCUT2D eigenvalue weighted by molar-refractivity contribution is -0.139. The van der Waals surface area contributed by atoms with Gasteiger partial charge < -0.3 is 10.2 Å². The zero-order chi connectivity index (χ0) is 30.1. The number of nitrogens with zero attached hydrogens (tertiary/aromatic N) is 2. The normalized spacial score (nSPS) is 14.6. The van der Waals surface area contributed by atoms with E-state index in [1.54, 1.807) is 43.3 Å². The fourth-order valence-electron chi connectivity index (χ4n) is 5.25. The van der Waals surface area contributed by atoms with Crippen LogP contribution in [0.1, 0.15) is 50.2 Å². The van der Waals surface area contributed by atoms with Crippen molar-refractivity contribution in [3.05, 3.63) is 90.0 Å².